The number of hydrogen-bond donors (Lipinski definition) is 0. The molecule has 4 aromatic rings. The van der Waals surface area contributed by atoms with Crippen LogP contribution in [-0.2, 0) is 83.5 Å². The lowest BCUT2D eigenvalue weighted by Crippen LogP contribution is -2.29. The zero-order valence-corrected chi connectivity index (χ0v) is 73.2. The lowest BCUT2D eigenvalue weighted by molar-refractivity contribution is -0.156. The molecular formula is C96H124N4O12. The summed E-state index contributed by atoms with van der Waals surface area (Å²) in [5.41, 5.74) is 3.60. The molecule has 0 fully saturated rings. The van der Waals surface area contributed by atoms with E-state index in [1.807, 2.05) is 323 Å². The van der Waals surface area contributed by atoms with Crippen molar-refractivity contribution in [3.05, 3.63) is 210 Å². The van der Waals surface area contributed by atoms with Crippen LogP contribution in [0.15, 0.2) is 164 Å². The van der Waals surface area contributed by atoms with Gasteiger partial charge in [0.15, 0.2) is 23.1 Å². The third-order valence-electron chi connectivity index (χ3n) is 20.5. The first kappa shape index (κ1) is 86.5. The Hall–Kier alpha value is -9.44. The van der Waals surface area contributed by atoms with Crippen molar-refractivity contribution in [3.63, 3.8) is 0 Å². The molecule has 0 saturated heterocycles. The van der Waals surface area contributed by atoms with Crippen LogP contribution in [0.5, 0.6) is 0 Å². The summed E-state index contributed by atoms with van der Waals surface area (Å²) in [6, 6.07) is 15.5. The highest BCUT2D eigenvalue weighted by Gasteiger charge is 2.43. The lowest BCUT2D eigenvalue weighted by atomic mass is 9.71. The average molecular weight is 1530 g/mol. The van der Waals surface area contributed by atoms with E-state index < -0.39 is 105 Å². The van der Waals surface area contributed by atoms with Crippen molar-refractivity contribution in [1.29, 1.82) is 0 Å². The first-order chi connectivity index (χ1) is 51.1. The van der Waals surface area contributed by atoms with Crippen LogP contribution in [0, 0.1) is 43.3 Å². The van der Waals surface area contributed by atoms with E-state index in [2.05, 4.69) is 0 Å². The molecule has 16 heteroatoms. The standard InChI is InChI=1S/C96H124N4O12/c1-33-109-75(101)51-97-67-35-36-68(97)80(56-45-61(89(9,10)11)84(106)62(46-56)90(12,13)14)72-40-42-74(100(72)54-78(104)112-96(30,31)32)82(58-49-65(93(21,22)23)86(108)66(50-58)94(24,25)26)70-38-37-69(98(70)52-76(102)110-34-2)81(57-47-63(91(15,16)17)85(107)64(48-57)92(18,19)20)73-41-39-71(99(73)53-77(103)111-95(27,28)29)79(67)55-43-59(87(3,4)5)83(105)60(44-55)88(6,7)8/h35-50H,33-34,51-54H2,1-32H3. The molecule has 16 nitrogen and oxygen atoms in total. The SMILES string of the molecule is CCOC(=O)Cn1c2ccc1C(=C1C=C(C(C)(C)C)C(=O)C(C(C)(C)C)=C1)c1ccc(n1CC(=O)OC(C)(C)C)C(=C1C=C(C(C)(C)C)C(=O)C(C(C)(C)C)=C1)c1ccc(n1CC(=O)OCC)C(=C1C=C(C(C)(C)C)C(=O)C(C(C)(C)C)=C1)c1ccc(n1CC(=O)OC(C)(C)C)C2=C1C=C(C(C)(C)C)C(=O)C(C(C)(C)C)=C1. The lowest BCUT2D eigenvalue weighted by Gasteiger charge is -2.33. The van der Waals surface area contributed by atoms with Crippen molar-refractivity contribution in [2.75, 3.05) is 13.2 Å². The van der Waals surface area contributed by atoms with E-state index in [1.165, 1.54) is 0 Å². The second kappa shape index (κ2) is 30.2. The van der Waals surface area contributed by atoms with Crippen molar-refractivity contribution in [2.24, 2.45) is 43.3 Å². The van der Waals surface area contributed by atoms with E-state index in [1.54, 1.807) is 13.8 Å². The summed E-state index contributed by atoms with van der Waals surface area (Å²) in [7, 11) is 0. The maximum Gasteiger partial charge on any atom is 0.326 e. The largest absolute Gasteiger partial charge is 0.465 e. The van der Waals surface area contributed by atoms with Crippen molar-refractivity contribution < 1.29 is 57.3 Å². The van der Waals surface area contributed by atoms with Crippen LogP contribution in [0.2, 0.25) is 0 Å². The molecule has 0 amide bonds. The highest BCUT2D eigenvalue weighted by molar-refractivity contribution is 6.16. The molecule has 0 N–H and O–H groups in total. The van der Waals surface area contributed by atoms with E-state index in [0.717, 1.165) is 0 Å². The van der Waals surface area contributed by atoms with Crippen molar-refractivity contribution in [1.82, 2.24) is 18.3 Å². The van der Waals surface area contributed by atoms with Gasteiger partial charge in [0.05, 0.1) is 58.8 Å². The summed E-state index contributed by atoms with van der Waals surface area (Å²) in [4.78, 5) is 124. The number of Topliss-reactive ketones (excluding diaryl/α,β-unsaturated/α-hetero) is 4. The minimum atomic E-state index is -1.00. The zero-order chi connectivity index (χ0) is 84.2. The molecule has 5 heterocycles. The molecule has 0 aromatic carbocycles. The molecule has 600 valence electrons. The zero-order valence-electron chi connectivity index (χ0n) is 73.2. The smallest absolute Gasteiger partial charge is 0.326 e. The minimum Gasteiger partial charge on any atom is -0.465 e. The molecule has 112 heavy (non-hydrogen) atoms. The maximum atomic E-state index is 15.7. The van der Waals surface area contributed by atoms with Crippen molar-refractivity contribution in [3.8, 4) is 0 Å². The van der Waals surface area contributed by atoms with Crippen molar-refractivity contribution >= 4 is 69.3 Å². The molecule has 9 rings (SSSR count). The first-order valence-corrected chi connectivity index (χ1v) is 39.6. The third-order valence-corrected chi connectivity index (χ3v) is 20.5. The second-order valence-corrected chi connectivity index (χ2v) is 40.6. The van der Waals surface area contributed by atoms with Gasteiger partial charge < -0.3 is 37.2 Å². The number of ketones is 4. The van der Waals surface area contributed by atoms with E-state index in [4.69, 9.17) is 18.9 Å². The van der Waals surface area contributed by atoms with Gasteiger partial charge >= 0.3 is 23.9 Å². The Kier molecular flexibility index (Phi) is 23.3. The van der Waals surface area contributed by atoms with Gasteiger partial charge in [0.1, 0.15) is 37.4 Å². The van der Waals surface area contributed by atoms with Crippen LogP contribution in [0.25, 0.3) is 22.3 Å². The molecule has 4 aromatic heterocycles. The molecule has 0 unspecified atom stereocenters. The number of aromatic nitrogens is 4. The highest BCUT2D eigenvalue weighted by Crippen LogP contribution is 2.51. The summed E-state index contributed by atoms with van der Waals surface area (Å²) in [5, 5.41) is 0. The van der Waals surface area contributed by atoms with Gasteiger partial charge in [0, 0.05) is 66.9 Å². The van der Waals surface area contributed by atoms with E-state index in [0.29, 0.717) is 135 Å². The van der Waals surface area contributed by atoms with E-state index in [-0.39, 0.29) is 36.3 Å². The van der Waals surface area contributed by atoms with Crippen LogP contribution in [-0.4, -0.2) is 89.7 Å². The molecule has 0 atom stereocenters. The number of rotatable bonds is 10. The Labute approximate surface area is 666 Å². The molecular weight excluding hydrogens is 1400 g/mol. The maximum absolute atomic E-state index is 15.7. The van der Waals surface area contributed by atoms with E-state index in [9.17, 15) is 0 Å². The average Bonchev–Trinajstić information content (AvgIpc) is 1.54. The molecule has 0 saturated carbocycles. The summed E-state index contributed by atoms with van der Waals surface area (Å²) < 4.78 is 32.6. The predicted molar refractivity (Wildman–Crippen MR) is 447 cm³/mol. The molecule has 8 bridgehead atoms. The van der Waals surface area contributed by atoms with Gasteiger partial charge in [-0.05, 0) is 218 Å². The van der Waals surface area contributed by atoms with Gasteiger partial charge in [-0.25, -0.2) is 0 Å². The highest BCUT2D eigenvalue weighted by atomic mass is 16.6. The number of fused-ring (bicyclic) bond motifs is 8. The Morgan fingerprint density at radius 3 is 0.518 bits per heavy atom. The van der Waals surface area contributed by atoms with Gasteiger partial charge in [0.2, 0.25) is 0 Å². The Morgan fingerprint density at radius 1 is 0.250 bits per heavy atom. The van der Waals surface area contributed by atoms with Crippen LogP contribution >= 0.6 is 0 Å². The van der Waals surface area contributed by atoms with Gasteiger partial charge in [-0.2, -0.15) is 0 Å². The van der Waals surface area contributed by atoms with Crippen LogP contribution < -0.4 is 0 Å². The minimum absolute atomic E-state index is 0.0181. The number of ether oxygens (including phenoxy) is 4. The Bertz CT molecular complexity index is 4310. The Balaban J connectivity index is 1.78. The number of carbonyl (C=O) groups excluding carboxylic acids is 8. The fourth-order valence-electron chi connectivity index (χ4n) is 15.2. The van der Waals surface area contributed by atoms with Crippen LogP contribution in [0.4, 0.5) is 0 Å². The first-order valence-electron chi connectivity index (χ1n) is 39.6. The van der Waals surface area contributed by atoms with Crippen molar-refractivity contribution in [2.45, 2.75) is 259 Å². The Morgan fingerprint density at radius 2 is 0.393 bits per heavy atom. The number of allylic oxidation sites excluding steroid dienone is 20. The monoisotopic (exact) mass is 1520 g/mol. The summed E-state index contributed by atoms with van der Waals surface area (Å²) in [6.45, 7) is 60.7. The summed E-state index contributed by atoms with van der Waals surface area (Å²) in [5.74, 6) is -3.01. The quantitative estimate of drug-likeness (QED) is 0.0950. The van der Waals surface area contributed by atoms with Gasteiger partial charge in [-0.3, -0.25) is 38.4 Å². The normalized spacial score (nSPS) is 16.9. The molecule has 0 radical (unpaired) electrons. The fourth-order valence-corrected chi connectivity index (χ4v) is 15.2. The van der Waals surface area contributed by atoms with Crippen LogP contribution in [0.3, 0.4) is 0 Å². The molecule has 5 aliphatic rings. The summed E-state index contributed by atoms with van der Waals surface area (Å²) >= 11 is 0. The van der Waals surface area contributed by atoms with Crippen LogP contribution in [0.1, 0.15) is 267 Å². The number of carbonyl (C=O) groups is 8. The van der Waals surface area contributed by atoms with Gasteiger partial charge in [0.25, 0.3) is 0 Å². The predicted octanol–water partition coefficient (Wildman–Crippen LogP) is 20.3. The van der Waals surface area contributed by atoms with E-state index >= 15 is 38.4 Å². The fraction of sp³-hybridized carbons (Fsp3) is 0.500. The molecule has 0 spiro atoms. The third kappa shape index (κ3) is 18.1. The number of esters is 4. The number of hydrogen-bond acceptors (Lipinski definition) is 12. The van der Waals surface area contributed by atoms with Gasteiger partial charge in [-0.1, -0.05) is 166 Å². The molecule has 4 aliphatic carbocycles. The number of nitrogens with zero attached hydrogens (tertiary/aromatic N) is 4. The summed E-state index contributed by atoms with van der Waals surface area (Å²) in [6.07, 6.45) is 15.4. The second-order valence-electron chi connectivity index (χ2n) is 40.6. The van der Waals surface area contributed by atoms with Gasteiger partial charge in [-0.15, -0.1) is 0 Å². The topological polar surface area (TPSA) is 193 Å². The molecule has 1 aliphatic heterocycles.